The van der Waals surface area contributed by atoms with Crippen molar-refractivity contribution in [1.82, 2.24) is 19.7 Å². The van der Waals surface area contributed by atoms with Crippen molar-refractivity contribution in [2.24, 2.45) is 0 Å². The molecule has 2 heterocycles. The van der Waals surface area contributed by atoms with Gasteiger partial charge in [0, 0.05) is 48.5 Å². The highest BCUT2D eigenvalue weighted by atomic mass is 32.2. The van der Waals surface area contributed by atoms with E-state index in [9.17, 15) is 13.7 Å². The van der Waals surface area contributed by atoms with E-state index < -0.39 is 39.0 Å². The highest BCUT2D eigenvalue weighted by molar-refractivity contribution is 7.84. The predicted molar refractivity (Wildman–Crippen MR) is 121 cm³/mol. The second-order valence-electron chi connectivity index (χ2n) is 9.15. The lowest BCUT2D eigenvalue weighted by Gasteiger charge is -2.35. The van der Waals surface area contributed by atoms with Crippen LogP contribution in [0.2, 0.25) is 0 Å². The first-order valence-corrected chi connectivity index (χ1v) is 11.5. The zero-order valence-electron chi connectivity index (χ0n) is 19.4. The molecular formula is C23H28F2N4O3S. The monoisotopic (exact) mass is 478 g/mol. The molecule has 0 bridgehead atoms. The van der Waals surface area contributed by atoms with Gasteiger partial charge in [-0.3, -0.25) is 0 Å². The van der Waals surface area contributed by atoms with E-state index in [2.05, 4.69) is 19.7 Å². The molecule has 2 aromatic heterocycles. The van der Waals surface area contributed by atoms with Gasteiger partial charge in [-0.25, -0.2) is 32.7 Å². The Hall–Kier alpha value is -2.56. The van der Waals surface area contributed by atoms with Gasteiger partial charge in [0.1, 0.15) is 35.5 Å². The summed E-state index contributed by atoms with van der Waals surface area (Å²) in [5.74, 6) is -0.807. The number of aromatic nitrogens is 3. The van der Waals surface area contributed by atoms with Gasteiger partial charge >= 0.3 is 0 Å². The molecule has 3 rings (SSSR count). The summed E-state index contributed by atoms with van der Waals surface area (Å²) in [7, 11) is -1.63. The van der Waals surface area contributed by atoms with Crippen molar-refractivity contribution in [2.75, 3.05) is 0 Å². The zero-order chi connectivity index (χ0) is 24.6. The van der Waals surface area contributed by atoms with E-state index in [1.165, 1.54) is 24.8 Å². The lowest BCUT2D eigenvalue weighted by Crippen LogP contribution is -2.47. The Labute approximate surface area is 194 Å². The number of oxazole rings is 1. The maximum Gasteiger partial charge on any atom is 0.191 e. The fourth-order valence-electron chi connectivity index (χ4n) is 3.53. The molecule has 7 nitrogen and oxygen atoms in total. The number of nitrogens with one attached hydrogen (secondary N) is 1. The van der Waals surface area contributed by atoms with E-state index in [0.717, 1.165) is 6.07 Å². The van der Waals surface area contributed by atoms with Gasteiger partial charge in [0.05, 0.1) is 21.3 Å². The van der Waals surface area contributed by atoms with Crippen LogP contribution in [0.5, 0.6) is 0 Å². The maximum atomic E-state index is 15.2. The number of aryl methyl sites for hydroxylation is 2. The molecule has 1 aromatic carbocycles. The van der Waals surface area contributed by atoms with Crippen LogP contribution in [0, 0.1) is 25.5 Å². The van der Waals surface area contributed by atoms with Gasteiger partial charge in [-0.05, 0) is 40.7 Å². The van der Waals surface area contributed by atoms with Gasteiger partial charge in [-0.1, -0.05) is 0 Å². The summed E-state index contributed by atoms with van der Waals surface area (Å²) in [5.41, 5.74) is -0.568. The zero-order valence-corrected chi connectivity index (χ0v) is 20.3. The van der Waals surface area contributed by atoms with Gasteiger partial charge in [-0.2, -0.15) is 0 Å². The summed E-state index contributed by atoms with van der Waals surface area (Å²) in [6.07, 6.45) is 2.88. The van der Waals surface area contributed by atoms with Crippen molar-refractivity contribution in [1.29, 1.82) is 0 Å². The molecule has 33 heavy (non-hydrogen) atoms. The van der Waals surface area contributed by atoms with Crippen LogP contribution >= 0.6 is 0 Å². The quantitative estimate of drug-likeness (QED) is 0.521. The summed E-state index contributed by atoms with van der Waals surface area (Å²) in [6.45, 7) is 10.2. The van der Waals surface area contributed by atoms with Crippen LogP contribution in [0.25, 0.3) is 11.1 Å². The number of aliphatic hydroxyl groups is 1. The molecule has 0 aliphatic carbocycles. The molecular weight excluding hydrogens is 450 g/mol. The van der Waals surface area contributed by atoms with E-state index in [1.54, 1.807) is 41.5 Å². The first-order chi connectivity index (χ1) is 15.3. The third-order valence-corrected chi connectivity index (χ3v) is 7.00. The Morgan fingerprint density at radius 2 is 1.76 bits per heavy atom. The van der Waals surface area contributed by atoms with Gasteiger partial charge in [0.15, 0.2) is 5.89 Å². The van der Waals surface area contributed by atoms with Crippen LogP contribution in [-0.2, 0) is 16.5 Å². The van der Waals surface area contributed by atoms with E-state index >= 15 is 4.39 Å². The Kier molecular flexibility index (Phi) is 7.11. The standard InChI is InChI=1S/C23H28F2N4O3S/c1-13-21(28-14(2)32-13)20(30)9-23(6,29-33(31)22(3,4)5)17-7-16(18(24)8-19(17)25)15-10-26-12-27-11-15/h7-8,10-12,20,29-30H,9H2,1-6H3/t20-,23-,33?/m1/s1. The first-order valence-electron chi connectivity index (χ1n) is 10.4. The number of aliphatic hydroxyl groups excluding tert-OH is 1. The minimum absolute atomic E-state index is 0.0391. The Morgan fingerprint density at radius 3 is 2.30 bits per heavy atom. The average Bonchev–Trinajstić information content (AvgIpc) is 3.06. The Bertz CT molecular complexity index is 1160. The molecule has 10 heteroatoms. The molecule has 1 unspecified atom stereocenters. The van der Waals surface area contributed by atoms with Crippen molar-refractivity contribution in [3.63, 3.8) is 0 Å². The van der Waals surface area contributed by atoms with Crippen LogP contribution in [0.15, 0.2) is 35.3 Å². The molecule has 0 spiro atoms. The van der Waals surface area contributed by atoms with E-state index in [1.807, 2.05) is 0 Å². The number of nitrogens with zero attached hydrogens (tertiary/aromatic N) is 3. The van der Waals surface area contributed by atoms with Gasteiger partial charge in [-0.15, -0.1) is 0 Å². The number of halogens is 2. The number of rotatable bonds is 7. The highest BCUT2D eigenvalue weighted by Crippen LogP contribution is 2.38. The maximum absolute atomic E-state index is 15.2. The minimum Gasteiger partial charge on any atom is -0.446 e. The molecule has 0 saturated carbocycles. The van der Waals surface area contributed by atoms with E-state index in [4.69, 9.17) is 4.42 Å². The predicted octanol–water partition coefficient (Wildman–Crippen LogP) is 4.42. The van der Waals surface area contributed by atoms with Crippen LogP contribution in [0.1, 0.15) is 63.1 Å². The van der Waals surface area contributed by atoms with Crippen LogP contribution in [0.4, 0.5) is 8.78 Å². The van der Waals surface area contributed by atoms with Gasteiger partial charge in [0.2, 0.25) is 0 Å². The van der Waals surface area contributed by atoms with Crippen molar-refractivity contribution in [3.8, 4) is 11.1 Å². The Morgan fingerprint density at radius 1 is 1.12 bits per heavy atom. The molecule has 0 saturated heterocycles. The van der Waals surface area contributed by atoms with E-state index in [-0.39, 0.29) is 17.5 Å². The SMILES string of the molecule is Cc1nc([C@H](O)C[C@@](C)(NS(=O)C(C)(C)C)c2cc(-c3cncnc3)c(F)cc2F)c(C)o1. The first kappa shape index (κ1) is 25.1. The van der Waals surface area contributed by atoms with Crippen molar-refractivity contribution in [3.05, 3.63) is 65.4 Å². The summed E-state index contributed by atoms with van der Waals surface area (Å²) in [5, 5.41) is 11.0. The van der Waals surface area contributed by atoms with Crippen LogP contribution in [0.3, 0.4) is 0 Å². The molecule has 2 N–H and O–H groups in total. The second-order valence-corrected chi connectivity index (χ2v) is 11.1. The summed E-state index contributed by atoms with van der Waals surface area (Å²) >= 11 is 0. The van der Waals surface area contributed by atoms with E-state index in [0.29, 0.717) is 22.9 Å². The van der Waals surface area contributed by atoms with Crippen LogP contribution < -0.4 is 4.72 Å². The lowest BCUT2D eigenvalue weighted by atomic mass is 9.84. The fourth-order valence-corrected chi connectivity index (χ4v) is 4.44. The third-order valence-electron chi connectivity index (χ3n) is 5.25. The average molecular weight is 479 g/mol. The number of hydrogen-bond donors (Lipinski definition) is 2. The Balaban J connectivity index is 2.13. The molecule has 0 amide bonds. The number of benzene rings is 1. The summed E-state index contributed by atoms with van der Waals surface area (Å²) in [6, 6.07) is 2.11. The summed E-state index contributed by atoms with van der Waals surface area (Å²) in [4.78, 5) is 12.0. The van der Waals surface area contributed by atoms with Crippen LogP contribution in [-0.4, -0.2) is 29.0 Å². The molecule has 178 valence electrons. The normalized spacial score (nSPS) is 15.8. The van der Waals surface area contributed by atoms with Crippen molar-refractivity contribution in [2.45, 2.75) is 64.4 Å². The minimum atomic E-state index is -1.63. The van der Waals surface area contributed by atoms with Crippen molar-refractivity contribution >= 4 is 11.0 Å². The molecule has 0 radical (unpaired) electrons. The largest absolute Gasteiger partial charge is 0.446 e. The van der Waals surface area contributed by atoms with Gasteiger partial charge in [0.25, 0.3) is 0 Å². The molecule has 0 fully saturated rings. The molecule has 3 atom stereocenters. The highest BCUT2D eigenvalue weighted by Gasteiger charge is 2.38. The fraction of sp³-hybridized carbons (Fsp3) is 0.435. The smallest absolute Gasteiger partial charge is 0.191 e. The second kappa shape index (κ2) is 9.36. The summed E-state index contributed by atoms with van der Waals surface area (Å²) < 4.78 is 50.6. The topological polar surface area (TPSA) is 101 Å². The number of hydrogen-bond acceptors (Lipinski definition) is 6. The molecule has 0 aliphatic heterocycles. The molecule has 0 aliphatic rings. The third kappa shape index (κ3) is 5.51. The van der Waals surface area contributed by atoms with Gasteiger partial charge < -0.3 is 9.52 Å². The van der Waals surface area contributed by atoms with Crippen molar-refractivity contribution < 1.29 is 22.5 Å². The lowest BCUT2D eigenvalue weighted by molar-refractivity contribution is 0.126. The molecule has 3 aromatic rings.